The quantitative estimate of drug-likeness (QED) is 0.128. The van der Waals surface area contributed by atoms with Crippen LogP contribution in [0.15, 0.2) is 60.7 Å². The summed E-state index contributed by atoms with van der Waals surface area (Å²) in [6.07, 6.45) is 0. The van der Waals surface area contributed by atoms with E-state index in [0.29, 0.717) is 29.8 Å². The summed E-state index contributed by atoms with van der Waals surface area (Å²) in [4.78, 5) is 7.10. The first kappa shape index (κ1) is 27.1. The summed E-state index contributed by atoms with van der Waals surface area (Å²) >= 11 is 11.8. The van der Waals surface area contributed by atoms with Crippen molar-refractivity contribution in [3.8, 4) is 5.75 Å². The van der Waals surface area contributed by atoms with E-state index in [1.54, 1.807) is 6.07 Å². The summed E-state index contributed by atoms with van der Waals surface area (Å²) in [7, 11) is 0. The summed E-state index contributed by atoms with van der Waals surface area (Å²) in [5.74, 6) is 1.82. The molecule has 0 unspecified atom stereocenters. The summed E-state index contributed by atoms with van der Waals surface area (Å²) in [5, 5.41) is 15.0. The van der Waals surface area contributed by atoms with Gasteiger partial charge in [0.25, 0.3) is 0 Å². The van der Waals surface area contributed by atoms with Crippen molar-refractivity contribution in [1.82, 2.24) is 9.88 Å². The van der Waals surface area contributed by atoms with Crippen molar-refractivity contribution >= 4 is 74.5 Å². The molecule has 1 heterocycles. The molecule has 0 aliphatic heterocycles. The molecule has 1 aromatic heterocycles. The molecule has 0 aliphatic rings. The number of hydrogen-bond donors (Lipinski definition) is 3. The molecule has 0 radical (unpaired) electrons. The molecule has 4 aromatic rings. The minimum Gasteiger partial charge on any atom is -0.490 e. The van der Waals surface area contributed by atoms with Crippen LogP contribution in [0.3, 0.4) is 0 Å². The molecule has 0 saturated heterocycles. The zero-order valence-corrected chi connectivity index (χ0v) is 21.5. The molecule has 0 fully saturated rings. The third-order valence-electron chi connectivity index (χ3n) is 5.61. The Bertz CT molecular complexity index is 1270. The maximum absolute atomic E-state index is 9.59. The van der Waals surface area contributed by atoms with Crippen molar-refractivity contribution in [1.29, 1.82) is 0 Å². The molecule has 3 aromatic carbocycles. The van der Waals surface area contributed by atoms with Gasteiger partial charge in [0, 0.05) is 53.5 Å². The van der Waals surface area contributed by atoms with Crippen LogP contribution in [-0.2, 0) is 6.61 Å². The molecule has 0 bridgehead atoms. The molecule has 0 saturated carbocycles. The Morgan fingerprint density at radius 3 is 2.43 bits per heavy atom. The van der Waals surface area contributed by atoms with E-state index in [1.165, 1.54) is 0 Å². The van der Waals surface area contributed by atoms with Crippen molar-refractivity contribution in [2.75, 3.05) is 49.1 Å². The second kappa shape index (κ2) is 13.0. The van der Waals surface area contributed by atoms with Crippen LogP contribution in [0.1, 0.15) is 5.56 Å². The van der Waals surface area contributed by atoms with E-state index < -0.39 is 0 Å². The zero-order chi connectivity index (χ0) is 23.9. The lowest BCUT2D eigenvalue weighted by atomic mass is 10.1. The number of para-hydroxylation sites is 2. The molecule has 35 heavy (non-hydrogen) atoms. The largest absolute Gasteiger partial charge is 0.490 e. The Labute approximate surface area is 221 Å². The van der Waals surface area contributed by atoms with Crippen LogP contribution in [0.5, 0.6) is 5.75 Å². The van der Waals surface area contributed by atoms with Gasteiger partial charge in [0.1, 0.15) is 17.9 Å². The molecular weight excluding hydrogens is 507 g/mol. The van der Waals surface area contributed by atoms with Crippen LogP contribution in [-0.4, -0.2) is 53.0 Å². The molecule has 6 nitrogen and oxygen atoms in total. The topological polar surface area (TPSA) is 83.6 Å². The number of aromatic nitrogens is 1. The lowest BCUT2D eigenvalue weighted by Crippen LogP contribution is -2.32. The first-order chi connectivity index (χ1) is 16.6. The smallest absolute Gasteiger partial charge is 0.145 e. The Hall–Kier alpha value is -2.48. The first-order valence-corrected chi connectivity index (χ1v) is 12.3. The lowest BCUT2D eigenvalue weighted by molar-refractivity contribution is 0.226. The van der Waals surface area contributed by atoms with E-state index in [4.69, 9.17) is 38.7 Å². The Kier molecular flexibility index (Phi) is 10.1. The van der Waals surface area contributed by atoms with Crippen molar-refractivity contribution in [3.63, 3.8) is 0 Å². The summed E-state index contributed by atoms with van der Waals surface area (Å²) in [5.41, 5.74) is 10.7. The van der Waals surface area contributed by atoms with Crippen LogP contribution in [0.4, 0.5) is 17.1 Å². The average molecular weight is 536 g/mol. The molecule has 4 rings (SSSR count). The number of hydrogen-bond acceptors (Lipinski definition) is 6. The van der Waals surface area contributed by atoms with Crippen LogP contribution < -0.4 is 15.8 Å². The van der Waals surface area contributed by atoms with Gasteiger partial charge in [0.15, 0.2) is 0 Å². The van der Waals surface area contributed by atoms with E-state index in [1.807, 2.05) is 54.6 Å². The van der Waals surface area contributed by atoms with Gasteiger partial charge >= 0.3 is 0 Å². The Balaban J connectivity index is 0.00000342. The number of nitrogen functional groups attached to an aromatic ring is 1. The fraction of sp³-hybridized carbons (Fsp3) is 0.269. The number of benzene rings is 3. The minimum atomic E-state index is -0.0833. The predicted octanol–water partition coefficient (Wildman–Crippen LogP) is 5.79. The third-order valence-corrected chi connectivity index (χ3v) is 5.95. The normalized spacial score (nSPS) is 11.1. The highest BCUT2D eigenvalue weighted by Gasteiger charge is 2.14. The summed E-state index contributed by atoms with van der Waals surface area (Å²) in [6.45, 7) is 2.67. The molecule has 4 N–H and O–H groups in total. The first-order valence-electron chi connectivity index (χ1n) is 11.2. The second-order valence-electron chi connectivity index (χ2n) is 7.97. The fourth-order valence-electron chi connectivity index (χ4n) is 4.02. The number of anilines is 3. The van der Waals surface area contributed by atoms with E-state index in [0.717, 1.165) is 58.4 Å². The van der Waals surface area contributed by atoms with Crippen molar-refractivity contribution in [3.05, 3.63) is 66.2 Å². The van der Waals surface area contributed by atoms with Crippen LogP contribution in [0, 0.1) is 0 Å². The highest BCUT2D eigenvalue weighted by molar-refractivity contribution is 6.18. The molecule has 0 aliphatic carbocycles. The van der Waals surface area contributed by atoms with E-state index in [2.05, 4.69) is 10.2 Å². The highest BCUT2D eigenvalue weighted by atomic mass is 35.5. The highest BCUT2D eigenvalue weighted by Crippen LogP contribution is 2.37. The Morgan fingerprint density at radius 2 is 1.69 bits per heavy atom. The van der Waals surface area contributed by atoms with E-state index >= 15 is 0 Å². The van der Waals surface area contributed by atoms with Gasteiger partial charge < -0.3 is 20.9 Å². The Morgan fingerprint density at radius 1 is 0.943 bits per heavy atom. The van der Waals surface area contributed by atoms with Gasteiger partial charge in [-0.05, 0) is 35.9 Å². The number of nitrogens with zero attached hydrogens (tertiary/aromatic N) is 2. The van der Waals surface area contributed by atoms with Gasteiger partial charge in [-0.1, -0.05) is 30.3 Å². The standard InChI is InChI=1S/C26H28Cl2N4O2.ClH/c27-8-10-32(11-9-28)12-13-34-24-7-3-5-22-25(21-4-1-2-6-23(21)31-26(22)24)30-20-15-18(17-33)14-19(29)16-20;/h1-7,14-16,33H,8-13,17,29H2,(H,30,31);1H. The van der Waals surface area contributed by atoms with Gasteiger partial charge in [-0.3, -0.25) is 4.90 Å². The molecule has 0 atom stereocenters. The maximum atomic E-state index is 9.59. The molecule has 9 heteroatoms. The maximum Gasteiger partial charge on any atom is 0.145 e. The number of rotatable bonds is 11. The zero-order valence-electron chi connectivity index (χ0n) is 19.2. The summed E-state index contributed by atoms with van der Waals surface area (Å²) in [6, 6.07) is 19.4. The molecule has 0 amide bonds. The van der Waals surface area contributed by atoms with Crippen molar-refractivity contribution in [2.24, 2.45) is 0 Å². The fourth-order valence-corrected chi connectivity index (χ4v) is 4.50. The number of fused-ring (bicyclic) bond motifs is 2. The van der Waals surface area contributed by atoms with Crippen LogP contribution in [0.25, 0.3) is 21.8 Å². The van der Waals surface area contributed by atoms with Crippen molar-refractivity contribution in [2.45, 2.75) is 6.61 Å². The average Bonchev–Trinajstić information content (AvgIpc) is 2.84. The van der Waals surface area contributed by atoms with Gasteiger partial charge in [-0.2, -0.15) is 0 Å². The monoisotopic (exact) mass is 534 g/mol. The van der Waals surface area contributed by atoms with Crippen LogP contribution >= 0.6 is 35.6 Å². The number of ether oxygens (including phenoxy) is 1. The van der Waals surface area contributed by atoms with E-state index in [-0.39, 0.29) is 19.0 Å². The SMILES string of the molecule is Cl.Nc1cc(CO)cc(Nc2c3ccccc3nc3c(OCCN(CCCl)CCCl)cccc23)c1. The van der Waals surface area contributed by atoms with Gasteiger partial charge in [0.2, 0.25) is 0 Å². The van der Waals surface area contributed by atoms with E-state index in [9.17, 15) is 5.11 Å². The number of pyridine rings is 1. The number of alkyl halides is 2. The third kappa shape index (κ3) is 6.60. The van der Waals surface area contributed by atoms with Crippen molar-refractivity contribution < 1.29 is 9.84 Å². The minimum absolute atomic E-state index is 0. The van der Waals surface area contributed by atoms with Gasteiger partial charge in [-0.25, -0.2) is 4.98 Å². The van der Waals surface area contributed by atoms with Gasteiger partial charge in [0.05, 0.1) is 17.8 Å². The number of aliphatic hydroxyl groups excluding tert-OH is 1. The lowest BCUT2D eigenvalue weighted by Gasteiger charge is -2.20. The predicted molar refractivity (Wildman–Crippen MR) is 150 cm³/mol. The molecule has 0 spiro atoms. The number of nitrogens with two attached hydrogens (primary N) is 1. The number of halogens is 3. The number of aliphatic hydroxyl groups is 1. The molecular formula is C26H29Cl3N4O2. The molecule has 186 valence electrons. The summed E-state index contributed by atoms with van der Waals surface area (Å²) < 4.78 is 6.18. The van der Waals surface area contributed by atoms with Gasteiger partial charge in [-0.15, -0.1) is 35.6 Å². The van der Waals surface area contributed by atoms with Crippen LogP contribution in [0.2, 0.25) is 0 Å². The number of nitrogens with one attached hydrogen (secondary N) is 1. The second-order valence-corrected chi connectivity index (χ2v) is 8.73.